The Labute approximate surface area is 142 Å². The second-order valence-electron chi connectivity index (χ2n) is 5.22. The van der Waals surface area contributed by atoms with E-state index >= 15 is 0 Å². The summed E-state index contributed by atoms with van der Waals surface area (Å²) >= 11 is 5.60. The number of carbonyl (C=O) groups is 1. The van der Waals surface area contributed by atoms with Crippen LogP contribution in [-0.4, -0.2) is 27.5 Å². The molecule has 6 nitrogen and oxygen atoms in total. The van der Waals surface area contributed by atoms with Crippen LogP contribution < -0.4 is 5.73 Å². The number of halogens is 1. The summed E-state index contributed by atoms with van der Waals surface area (Å²) < 4.78 is 30.4. The standard InChI is InChI=1S/C9H10ClNO4S.C6H13N/c1-2-15-9(12)11-16(13,14)8-5-3-7(10)4-6-8;7-6-4-2-1-3-5-6/h3-6H,2H2,1H3,(H,11,12,13,14);6H,1-5,7H2. The van der Waals surface area contributed by atoms with Crippen LogP contribution in [0.3, 0.4) is 0 Å². The normalized spacial score (nSPS) is 17.4. The van der Waals surface area contributed by atoms with Gasteiger partial charge in [-0.25, -0.2) is 4.79 Å². The van der Waals surface area contributed by atoms with Crippen LogP contribution in [0.2, 0.25) is 5.02 Å². The van der Waals surface area contributed by atoms with E-state index in [1.807, 2.05) is 0 Å². The van der Waals surface area contributed by atoms with Gasteiger partial charge in [0, 0.05) is 19.9 Å². The molecule has 0 aromatic heterocycles. The fourth-order valence-electron chi connectivity index (χ4n) is 2.09. The number of hydrogen-bond acceptors (Lipinski definition) is 4. The Kier molecular flexibility index (Phi) is 8.54. The third-order valence-electron chi connectivity index (χ3n) is 3.30. The van der Waals surface area contributed by atoms with Crippen molar-refractivity contribution in [2.24, 2.45) is 4.36 Å². The summed E-state index contributed by atoms with van der Waals surface area (Å²) in [6.07, 6.45) is 5.92. The Balaban J connectivity index is 0.000000313. The highest BCUT2D eigenvalue weighted by Crippen LogP contribution is 2.15. The molecular formula is C15H23ClN2O4S. The molecule has 0 radical (unpaired) electrons. The number of quaternary nitrogens is 1. The Morgan fingerprint density at radius 3 is 2.35 bits per heavy atom. The molecule has 1 aromatic rings. The molecule has 130 valence electrons. The van der Waals surface area contributed by atoms with Crippen molar-refractivity contribution in [1.82, 2.24) is 0 Å². The van der Waals surface area contributed by atoms with Gasteiger partial charge in [0.1, 0.15) is 0 Å². The molecular weight excluding hydrogens is 340 g/mol. The van der Waals surface area contributed by atoms with E-state index in [0.717, 1.165) is 6.04 Å². The van der Waals surface area contributed by atoms with Gasteiger partial charge in [0.15, 0.2) is 0 Å². The molecule has 1 aliphatic rings. The van der Waals surface area contributed by atoms with Crippen molar-refractivity contribution >= 4 is 27.7 Å². The zero-order valence-electron chi connectivity index (χ0n) is 13.2. The molecule has 1 saturated carbocycles. The first-order valence-corrected chi connectivity index (χ1v) is 9.40. The van der Waals surface area contributed by atoms with E-state index in [1.165, 1.54) is 56.4 Å². The average molecular weight is 363 g/mol. The summed E-state index contributed by atoms with van der Waals surface area (Å²) in [5, 5.41) is 0.398. The number of ether oxygens (including phenoxy) is 1. The number of nitrogens with zero attached hydrogens (tertiary/aromatic N) is 1. The highest BCUT2D eigenvalue weighted by Gasteiger charge is 2.09. The van der Waals surface area contributed by atoms with Crippen LogP contribution in [0.5, 0.6) is 0 Å². The largest absolute Gasteiger partial charge is 0.760 e. The molecule has 1 aliphatic carbocycles. The number of benzene rings is 1. The molecule has 1 atom stereocenters. The first-order valence-electron chi connectivity index (χ1n) is 7.58. The van der Waals surface area contributed by atoms with Gasteiger partial charge >= 0.3 is 6.09 Å². The van der Waals surface area contributed by atoms with Crippen LogP contribution in [0.1, 0.15) is 39.0 Å². The third-order valence-corrected chi connectivity index (χ3v) is 4.81. The molecule has 2 rings (SSSR count). The van der Waals surface area contributed by atoms with Crippen LogP contribution in [0.15, 0.2) is 33.5 Å². The minimum Gasteiger partial charge on any atom is -0.760 e. The van der Waals surface area contributed by atoms with Crippen LogP contribution in [0, 0.1) is 0 Å². The Morgan fingerprint density at radius 2 is 1.91 bits per heavy atom. The lowest BCUT2D eigenvalue weighted by Gasteiger charge is -2.13. The molecule has 1 amide bonds. The van der Waals surface area contributed by atoms with Crippen LogP contribution in [-0.2, 0) is 14.7 Å². The van der Waals surface area contributed by atoms with Gasteiger partial charge in [0.2, 0.25) is 0 Å². The highest BCUT2D eigenvalue weighted by molar-refractivity contribution is 7.88. The molecule has 0 saturated heterocycles. The SMILES string of the molecule is CCOC(=O)N=S(=O)([O-])c1ccc(Cl)cc1.[NH3+]C1CCCCC1. The number of amides is 1. The first kappa shape index (κ1) is 19.9. The number of hydrogen-bond donors (Lipinski definition) is 1. The third kappa shape index (κ3) is 7.78. The molecule has 0 spiro atoms. The zero-order chi connectivity index (χ0) is 17.3. The smallest absolute Gasteiger partial charge is 0.441 e. The summed E-state index contributed by atoms with van der Waals surface area (Å²) in [5.41, 5.74) is 4.00. The van der Waals surface area contributed by atoms with Crippen LogP contribution in [0.4, 0.5) is 4.79 Å². The highest BCUT2D eigenvalue weighted by atomic mass is 35.5. The van der Waals surface area contributed by atoms with Crippen molar-refractivity contribution in [1.29, 1.82) is 0 Å². The van der Waals surface area contributed by atoms with E-state index < -0.39 is 16.1 Å². The Morgan fingerprint density at radius 1 is 1.35 bits per heavy atom. The van der Waals surface area contributed by atoms with Crippen molar-refractivity contribution in [3.8, 4) is 0 Å². The van der Waals surface area contributed by atoms with Crippen molar-refractivity contribution in [2.45, 2.75) is 50.0 Å². The maximum absolute atomic E-state index is 11.5. The molecule has 0 heterocycles. The van der Waals surface area contributed by atoms with Crippen molar-refractivity contribution in [3.63, 3.8) is 0 Å². The quantitative estimate of drug-likeness (QED) is 0.872. The van der Waals surface area contributed by atoms with Gasteiger partial charge < -0.3 is 15.0 Å². The van der Waals surface area contributed by atoms with E-state index in [0.29, 0.717) is 5.02 Å². The van der Waals surface area contributed by atoms with E-state index in [-0.39, 0.29) is 11.5 Å². The molecule has 8 heteroatoms. The maximum atomic E-state index is 11.5. The van der Waals surface area contributed by atoms with Gasteiger partial charge in [-0.05, 0) is 56.9 Å². The second kappa shape index (κ2) is 9.87. The molecule has 1 fully saturated rings. The summed E-state index contributed by atoms with van der Waals surface area (Å²) in [6, 6.07) is 6.11. The topological polar surface area (TPSA) is 106 Å². The van der Waals surface area contributed by atoms with E-state index in [9.17, 15) is 13.6 Å². The van der Waals surface area contributed by atoms with Crippen LogP contribution >= 0.6 is 11.6 Å². The summed E-state index contributed by atoms with van der Waals surface area (Å²) in [6.45, 7) is 1.63. The first-order chi connectivity index (χ1) is 10.8. The molecule has 1 aromatic carbocycles. The number of carbonyl (C=O) groups excluding carboxylic acids is 1. The fourth-order valence-corrected chi connectivity index (χ4v) is 3.05. The van der Waals surface area contributed by atoms with Gasteiger partial charge in [-0.1, -0.05) is 18.0 Å². The van der Waals surface area contributed by atoms with Crippen LogP contribution in [0.25, 0.3) is 0 Å². The summed E-state index contributed by atoms with van der Waals surface area (Å²) in [4.78, 5) is 10.8. The monoisotopic (exact) mass is 362 g/mol. The van der Waals surface area contributed by atoms with Crippen molar-refractivity contribution < 1.29 is 24.0 Å². The summed E-state index contributed by atoms with van der Waals surface area (Å²) in [7, 11) is -4.01. The molecule has 0 aliphatic heterocycles. The number of rotatable bonds is 2. The molecule has 0 bridgehead atoms. The minimum absolute atomic E-state index is 0.0679. The van der Waals surface area contributed by atoms with Gasteiger partial charge in [0.25, 0.3) is 0 Å². The molecule has 23 heavy (non-hydrogen) atoms. The van der Waals surface area contributed by atoms with Gasteiger partial charge in [-0.2, -0.15) is 0 Å². The van der Waals surface area contributed by atoms with Gasteiger partial charge in [-0.15, -0.1) is 4.36 Å². The summed E-state index contributed by atoms with van der Waals surface area (Å²) in [5.74, 6) is 0. The van der Waals surface area contributed by atoms with Crippen molar-refractivity contribution in [3.05, 3.63) is 29.3 Å². The Hall–Kier alpha value is -1.15. The van der Waals surface area contributed by atoms with E-state index in [1.54, 1.807) is 6.92 Å². The Bertz CT molecular complexity index is 606. The van der Waals surface area contributed by atoms with E-state index in [4.69, 9.17) is 11.6 Å². The predicted molar refractivity (Wildman–Crippen MR) is 87.8 cm³/mol. The van der Waals surface area contributed by atoms with Gasteiger partial charge in [0.05, 0.1) is 12.6 Å². The lowest BCUT2D eigenvalue weighted by atomic mass is 9.97. The maximum Gasteiger partial charge on any atom is 0.441 e. The second-order valence-corrected chi connectivity index (χ2v) is 7.26. The minimum atomic E-state index is -4.01. The predicted octanol–water partition coefficient (Wildman–Crippen LogP) is 3.01. The zero-order valence-corrected chi connectivity index (χ0v) is 14.8. The lowest BCUT2D eigenvalue weighted by Crippen LogP contribution is -2.61. The van der Waals surface area contributed by atoms with Crippen molar-refractivity contribution in [2.75, 3.05) is 6.61 Å². The molecule has 1 unspecified atom stereocenters. The fraction of sp³-hybridized carbons (Fsp3) is 0.533. The van der Waals surface area contributed by atoms with Gasteiger partial charge in [-0.3, -0.25) is 4.21 Å². The average Bonchev–Trinajstić information content (AvgIpc) is 2.49. The lowest BCUT2D eigenvalue weighted by molar-refractivity contribution is -0.425. The molecule has 3 N–H and O–H groups in total. The van der Waals surface area contributed by atoms with E-state index in [2.05, 4.69) is 14.8 Å².